The van der Waals surface area contributed by atoms with Crippen LogP contribution in [0.1, 0.15) is 32.3 Å². The Morgan fingerprint density at radius 1 is 1.41 bits per heavy atom. The van der Waals surface area contributed by atoms with Gasteiger partial charge in [-0.2, -0.15) is 0 Å². The van der Waals surface area contributed by atoms with E-state index >= 15 is 0 Å². The second-order valence-electron chi connectivity index (χ2n) is 5.48. The molecule has 1 aliphatic rings. The van der Waals surface area contributed by atoms with Crippen LogP contribution in [0.3, 0.4) is 0 Å². The third-order valence-corrected chi connectivity index (χ3v) is 4.67. The molecule has 1 saturated carbocycles. The molecule has 0 amide bonds. The molecule has 0 radical (unpaired) electrons. The van der Waals surface area contributed by atoms with Crippen molar-refractivity contribution in [3.8, 4) is 0 Å². The lowest BCUT2D eigenvalue weighted by Gasteiger charge is -2.20. The van der Waals surface area contributed by atoms with Crippen LogP contribution in [0.2, 0.25) is 0 Å². The Hall–Kier alpha value is -0.540. The van der Waals surface area contributed by atoms with Gasteiger partial charge in [0.1, 0.15) is 0 Å². The molecule has 1 aromatic carbocycles. The highest BCUT2D eigenvalue weighted by Gasteiger charge is 2.44. The summed E-state index contributed by atoms with van der Waals surface area (Å²) >= 11 is 3.46. The van der Waals surface area contributed by atoms with Gasteiger partial charge in [-0.1, -0.05) is 19.9 Å². The molecule has 3 N–H and O–H groups in total. The third kappa shape index (κ3) is 3.02. The van der Waals surface area contributed by atoms with Gasteiger partial charge < -0.3 is 11.1 Å². The largest absolute Gasteiger partial charge is 0.398 e. The highest BCUT2D eigenvalue weighted by Crippen LogP contribution is 2.51. The van der Waals surface area contributed by atoms with Gasteiger partial charge in [-0.15, -0.1) is 0 Å². The molecule has 0 saturated heterocycles. The van der Waals surface area contributed by atoms with E-state index < -0.39 is 0 Å². The van der Waals surface area contributed by atoms with Crippen molar-refractivity contribution in [2.45, 2.75) is 33.2 Å². The summed E-state index contributed by atoms with van der Waals surface area (Å²) in [5.41, 5.74) is 8.43. The highest BCUT2D eigenvalue weighted by molar-refractivity contribution is 9.10. The van der Waals surface area contributed by atoms with E-state index in [1.807, 2.05) is 6.07 Å². The molecule has 3 heteroatoms. The van der Waals surface area contributed by atoms with Crippen LogP contribution in [0.25, 0.3) is 0 Å². The lowest BCUT2D eigenvalue weighted by atomic mass is 9.92. The first-order valence-electron chi connectivity index (χ1n) is 6.28. The molecule has 1 aromatic rings. The van der Waals surface area contributed by atoms with Crippen LogP contribution in [-0.2, 0) is 6.54 Å². The van der Waals surface area contributed by atoms with Crippen LogP contribution in [0, 0.1) is 11.3 Å². The van der Waals surface area contributed by atoms with Crippen LogP contribution >= 0.6 is 15.9 Å². The van der Waals surface area contributed by atoms with E-state index in [0.29, 0.717) is 5.41 Å². The Labute approximate surface area is 112 Å². The summed E-state index contributed by atoms with van der Waals surface area (Å²) in [5, 5.41) is 3.57. The molecule has 0 aliphatic heterocycles. The van der Waals surface area contributed by atoms with Crippen LogP contribution in [0.4, 0.5) is 5.69 Å². The van der Waals surface area contributed by atoms with Crippen molar-refractivity contribution in [2.24, 2.45) is 11.3 Å². The Morgan fingerprint density at radius 2 is 2.12 bits per heavy atom. The van der Waals surface area contributed by atoms with Gasteiger partial charge in [0.2, 0.25) is 0 Å². The SMILES string of the molecule is CC(C)C1(CNCc2ccc(N)c(Br)c2)CC1. The summed E-state index contributed by atoms with van der Waals surface area (Å²) in [6.07, 6.45) is 2.76. The number of hydrogen-bond acceptors (Lipinski definition) is 2. The molecule has 1 aliphatic carbocycles. The van der Waals surface area contributed by atoms with Gasteiger partial charge in [-0.25, -0.2) is 0 Å². The predicted molar refractivity (Wildman–Crippen MR) is 76.8 cm³/mol. The normalized spacial score (nSPS) is 17.4. The van der Waals surface area contributed by atoms with E-state index in [1.165, 1.54) is 18.4 Å². The molecule has 0 bridgehead atoms. The highest BCUT2D eigenvalue weighted by atomic mass is 79.9. The van der Waals surface area contributed by atoms with Crippen LogP contribution < -0.4 is 11.1 Å². The number of halogens is 1. The summed E-state index contributed by atoms with van der Waals surface area (Å²) in [6.45, 7) is 6.71. The standard InChI is InChI=1S/C14H21BrN2/c1-10(2)14(5-6-14)9-17-8-11-3-4-13(16)12(15)7-11/h3-4,7,10,17H,5-6,8-9,16H2,1-2H3. The summed E-state index contributed by atoms with van der Waals surface area (Å²) in [5.74, 6) is 0.785. The van der Waals surface area contributed by atoms with Gasteiger partial charge in [0.15, 0.2) is 0 Å². The Balaban J connectivity index is 1.84. The fourth-order valence-electron chi connectivity index (χ4n) is 2.26. The zero-order valence-corrected chi connectivity index (χ0v) is 12.2. The average Bonchev–Trinajstić information content (AvgIpc) is 3.04. The lowest BCUT2D eigenvalue weighted by molar-refractivity contribution is 0.338. The smallest absolute Gasteiger partial charge is 0.0458 e. The van der Waals surface area contributed by atoms with E-state index in [4.69, 9.17) is 5.73 Å². The molecule has 2 rings (SSSR count). The van der Waals surface area contributed by atoms with Crippen molar-refractivity contribution >= 4 is 21.6 Å². The fraction of sp³-hybridized carbons (Fsp3) is 0.571. The summed E-state index contributed by atoms with van der Waals surface area (Å²) in [4.78, 5) is 0. The van der Waals surface area contributed by atoms with Gasteiger partial charge in [0, 0.05) is 23.2 Å². The number of rotatable bonds is 5. The zero-order chi connectivity index (χ0) is 12.5. The van der Waals surface area contributed by atoms with E-state index in [2.05, 4.69) is 47.2 Å². The Kier molecular flexibility index (Phi) is 3.79. The summed E-state index contributed by atoms with van der Waals surface area (Å²) in [6, 6.07) is 6.13. The second kappa shape index (κ2) is 4.99. The number of anilines is 1. The molecular weight excluding hydrogens is 276 g/mol. The summed E-state index contributed by atoms with van der Waals surface area (Å²) in [7, 11) is 0. The molecule has 2 nitrogen and oxygen atoms in total. The molecule has 0 aromatic heterocycles. The zero-order valence-electron chi connectivity index (χ0n) is 10.6. The minimum absolute atomic E-state index is 0.574. The van der Waals surface area contributed by atoms with Crippen molar-refractivity contribution in [3.63, 3.8) is 0 Å². The van der Waals surface area contributed by atoms with E-state index in [0.717, 1.165) is 29.2 Å². The molecule has 0 spiro atoms. The molecule has 0 atom stereocenters. The van der Waals surface area contributed by atoms with Crippen LogP contribution in [0.5, 0.6) is 0 Å². The minimum Gasteiger partial charge on any atom is -0.398 e. The van der Waals surface area contributed by atoms with Gasteiger partial charge in [0.05, 0.1) is 0 Å². The predicted octanol–water partition coefficient (Wildman–Crippen LogP) is 3.56. The maximum absolute atomic E-state index is 5.77. The Bertz CT molecular complexity index is 397. The molecule has 94 valence electrons. The van der Waals surface area contributed by atoms with E-state index in [9.17, 15) is 0 Å². The number of nitrogens with one attached hydrogen (secondary N) is 1. The number of nitrogen functional groups attached to an aromatic ring is 1. The van der Waals surface area contributed by atoms with Crippen molar-refractivity contribution in [3.05, 3.63) is 28.2 Å². The lowest BCUT2D eigenvalue weighted by Crippen LogP contribution is -2.27. The minimum atomic E-state index is 0.574. The van der Waals surface area contributed by atoms with Gasteiger partial charge in [-0.05, 0) is 57.8 Å². The Morgan fingerprint density at radius 3 is 2.65 bits per heavy atom. The van der Waals surface area contributed by atoms with Crippen molar-refractivity contribution in [2.75, 3.05) is 12.3 Å². The number of nitrogens with two attached hydrogens (primary N) is 1. The first kappa shape index (κ1) is 12.9. The monoisotopic (exact) mass is 296 g/mol. The third-order valence-electron chi connectivity index (χ3n) is 3.99. The van der Waals surface area contributed by atoms with E-state index in [-0.39, 0.29) is 0 Å². The maximum Gasteiger partial charge on any atom is 0.0458 e. The number of benzene rings is 1. The molecule has 0 heterocycles. The number of hydrogen-bond donors (Lipinski definition) is 2. The average molecular weight is 297 g/mol. The van der Waals surface area contributed by atoms with Gasteiger partial charge in [-0.3, -0.25) is 0 Å². The molecule has 1 fully saturated rings. The van der Waals surface area contributed by atoms with Crippen LogP contribution in [-0.4, -0.2) is 6.54 Å². The fourth-order valence-corrected chi connectivity index (χ4v) is 2.68. The first-order valence-corrected chi connectivity index (χ1v) is 7.07. The van der Waals surface area contributed by atoms with Gasteiger partial charge >= 0.3 is 0 Å². The molecule has 17 heavy (non-hydrogen) atoms. The second-order valence-corrected chi connectivity index (χ2v) is 6.33. The topological polar surface area (TPSA) is 38.0 Å². The van der Waals surface area contributed by atoms with Crippen molar-refractivity contribution < 1.29 is 0 Å². The quantitative estimate of drug-likeness (QED) is 0.816. The van der Waals surface area contributed by atoms with Gasteiger partial charge in [0.25, 0.3) is 0 Å². The van der Waals surface area contributed by atoms with Crippen LogP contribution in [0.15, 0.2) is 22.7 Å². The maximum atomic E-state index is 5.77. The van der Waals surface area contributed by atoms with E-state index in [1.54, 1.807) is 0 Å². The first-order chi connectivity index (χ1) is 8.03. The van der Waals surface area contributed by atoms with Crippen molar-refractivity contribution in [1.82, 2.24) is 5.32 Å². The summed E-state index contributed by atoms with van der Waals surface area (Å²) < 4.78 is 0.988. The molecule has 0 unspecified atom stereocenters. The van der Waals surface area contributed by atoms with Crippen molar-refractivity contribution in [1.29, 1.82) is 0 Å². The molecular formula is C14H21BrN2.